The third-order valence-corrected chi connectivity index (χ3v) is 10.0. The Morgan fingerprint density at radius 2 is 1.76 bits per heavy atom. The van der Waals surface area contributed by atoms with Crippen molar-refractivity contribution in [2.75, 3.05) is 6.61 Å². The van der Waals surface area contributed by atoms with Gasteiger partial charge < -0.3 is 24.8 Å². The van der Waals surface area contributed by atoms with Crippen LogP contribution in [-0.2, 0) is 23.9 Å². The van der Waals surface area contributed by atoms with Crippen molar-refractivity contribution in [1.82, 2.24) is 0 Å². The van der Waals surface area contributed by atoms with Gasteiger partial charge in [0.05, 0.1) is 12.2 Å². The van der Waals surface area contributed by atoms with Gasteiger partial charge in [-0.05, 0) is 24.5 Å². The normalized spacial score (nSPS) is 40.7. The Morgan fingerprint density at radius 1 is 1.11 bits per heavy atom. The molecule has 0 spiro atoms. The quantitative estimate of drug-likeness (QED) is 0.234. The van der Waals surface area contributed by atoms with Crippen molar-refractivity contribution in [3.63, 3.8) is 0 Å². The van der Waals surface area contributed by atoms with Crippen LogP contribution in [0.2, 0.25) is 0 Å². The minimum atomic E-state index is -1.93. The van der Waals surface area contributed by atoms with E-state index in [-0.39, 0.29) is 25.4 Å². The van der Waals surface area contributed by atoms with Gasteiger partial charge in [0, 0.05) is 48.9 Å². The van der Waals surface area contributed by atoms with Gasteiger partial charge in [-0.15, -0.1) is 0 Å². The molecular weight excluding hydrogens is 488 g/mol. The number of esters is 2. The van der Waals surface area contributed by atoms with Gasteiger partial charge in [-0.2, -0.15) is 0 Å². The molecule has 0 heterocycles. The fraction of sp³-hybridized carbons (Fsp3) is 0.767. The molecule has 8 atom stereocenters. The smallest absolute Gasteiger partial charge is 0.306 e. The van der Waals surface area contributed by atoms with Gasteiger partial charge >= 0.3 is 11.9 Å². The highest BCUT2D eigenvalue weighted by molar-refractivity contribution is 6.04. The molecule has 4 aliphatic carbocycles. The van der Waals surface area contributed by atoms with Crippen molar-refractivity contribution in [2.24, 2.45) is 29.1 Å². The van der Waals surface area contributed by atoms with Gasteiger partial charge in [0.15, 0.2) is 11.4 Å². The van der Waals surface area contributed by atoms with Crippen LogP contribution in [0, 0.1) is 29.1 Å². The minimum absolute atomic E-state index is 0.109. The predicted molar refractivity (Wildman–Crippen MR) is 140 cm³/mol. The first-order valence-corrected chi connectivity index (χ1v) is 14.1. The molecule has 0 amide bonds. The summed E-state index contributed by atoms with van der Waals surface area (Å²) < 4.78 is 12.1. The molecule has 0 radical (unpaired) electrons. The van der Waals surface area contributed by atoms with Crippen LogP contribution in [0.1, 0.15) is 86.5 Å². The molecule has 0 aromatic rings. The highest BCUT2D eigenvalue weighted by atomic mass is 16.6. The summed E-state index contributed by atoms with van der Waals surface area (Å²) in [7, 11) is 0. The van der Waals surface area contributed by atoms with Crippen LogP contribution in [0.4, 0.5) is 0 Å². The van der Waals surface area contributed by atoms with Crippen LogP contribution in [0.25, 0.3) is 0 Å². The van der Waals surface area contributed by atoms with Crippen LogP contribution >= 0.6 is 0 Å². The number of ether oxygens (including phenoxy) is 2. The lowest BCUT2D eigenvalue weighted by atomic mass is 9.59. The third kappa shape index (κ3) is 4.01. The summed E-state index contributed by atoms with van der Waals surface area (Å²) in [5.74, 6) is -4.31. The molecule has 0 unspecified atom stereocenters. The zero-order chi connectivity index (χ0) is 28.3. The van der Waals surface area contributed by atoms with Crippen LogP contribution in [0.15, 0.2) is 23.3 Å². The lowest BCUT2D eigenvalue weighted by Crippen LogP contribution is -2.66. The first-order valence-electron chi connectivity index (χ1n) is 14.1. The predicted octanol–water partition coefficient (Wildman–Crippen LogP) is 3.41. The second kappa shape index (κ2) is 9.86. The fourth-order valence-corrected chi connectivity index (χ4v) is 8.11. The molecule has 0 aliphatic heterocycles. The van der Waals surface area contributed by atoms with E-state index in [0.29, 0.717) is 17.6 Å². The summed E-state index contributed by atoms with van der Waals surface area (Å²) in [5, 5.41) is 34.5. The third-order valence-electron chi connectivity index (χ3n) is 10.0. The highest BCUT2D eigenvalue weighted by Gasteiger charge is 2.87. The average Bonchev–Trinajstić information content (AvgIpc) is 3.27. The molecule has 212 valence electrons. The van der Waals surface area contributed by atoms with Crippen molar-refractivity contribution >= 4 is 17.7 Å². The Kier molecular flexibility index (Phi) is 7.52. The van der Waals surface area contributed by atoms with Crippen LogP contribution in [-0.4, -0.2) is 62.6 Å². The number of carbonyl (C=O) groups excluding carboxylic acids is 3. The highest BCUT2D eigenvalue weighted by Crippen LogP contribution is 2.77. The molecule has 4 rings (SSSR count). The molecule has 0 bridgehead atoms. The molecule has 2 saturated carbocycles. The number of rotatable bonds is 9. The number of unbranched alkanes of at least 4 members (excludes halogenated alkanes) is 4. The Bertz CT molecular complexity index is 1060. The molecule has 0 saturated heterocycles. The molecule has 8 heteroatoms. The van der Waals surface area contributed by atoms with Gasteiger partial charge in [0.25, 0.3) is 0 Å². The molecule has 4 aliphatic rings. The van der Waals surface area contributed by atoms with Crippen molar-refractivity contribution in [1.29, 1.82) is 0 Å². The topological polar surface area (TPSA) is 130 Å². The van der Waals surface area contributed by atoms with Gasteiger partial charge in [0.1, 0.15) is 11.7 Å². The number of hydrogen-bond donors (Lipinski definition) is 3. The Morgan fingerprint density at radius 3 is 2.37 bits per heavy atom. The maximum absolute atomic E-state index is 13.2. The number of aliphatic hydroxyl groups excluding tert-OH is 1. The van der Waals surface area contributed by atoms with Gasteiger partial charge in [0.2, 0.25) is 0 Å². The minimum Gasteiger partial charge on any atom is -0.458 e. The monoisotopic (exact) mass is 532 g/mol. The van der Waals surface area contributed by atoms with Crippen molar-refractivity contribution in [2.45, 2.75) is 109 Å². The molecule has 2 fully saturated rings. The number of ketones is 1. The van der Waals surface area contributed by atoms with Gasteiger partial charge in [-0.1, -0.05) is 65.5 Å². The molecule has 0 aromatic heterocycles. The van der Waals surface area contributed by atoms with Crippen molar-refractivity contribution in [3.8, 4) is 0 Å². The maximum atomic E-state index is 13.2. The molecule has 3 N–H and O–H groups in total. The van der Waals surface area contributed by atoms with Gasteiger partial charge in [-0.25, -0.2) is 0 Å². The summed E-state index contributed by atoms with van der Waals surface area (Å²) in [5.41, 5.74) is -4.70. The summed E-state index contributed by atoms with van der Waals surface area (Å²) in [6, 6.07) is 0. The van der Waals surface area contributed by atoms with Gasteiger partial charge in [-0.3, -0.25) is 14.4 Å². The van der Waals surface area contributed by atoms with Crippen LogP contribution in [0.3, 0.4) is 0 Å². The van der Waals surface area contributed by atoms with Crippen molar-refractivity contribution < 1.29 is 39.2 Å². The average molecular weight is 533 g/mol. The second-order valence-corrected chi connectivity index (χ2v) is 12.6. The first-order chi connectivity index (χ1) is 17.7. The zero-order valence-electron chi connectivity index (χ0n) is 23.6. The van der Waals surface area contributed by atoms with E-state index in [1.165, 1.54) is 6.92 Å². The lowest BCUT2D eigenvalue weighted by Gasteiger charge is -2.53. The van der Waals surface area contributed by atoms with E-state index in [1.807, 2.05) is 13.8 Å². The number of carbonyl (C=O) groups is 3. The Balaban J connectivity index is 1.78. The van der Waals surface area contributed by atoms with E-state index < -0.39 is 63.7 Å². The Labute approximate surface area is 225 Å². The lowest BCUT2D eigenvalue weighted by molar-refractivity contribution is -0.228. The number of hydrogen-bond acceptors (Lipinski definition) is 8. The largest absolute Gasteiger partial charge is 0.458 e. The molecular formula is C30H44O8. The van der Waals surface area contributed by atoms with E-state index in [9.17, 15) is 29.7 Å². The maximum Gasteiger partial charge on any atom is 0.306 e. The van der Waals surface area contributed by atoms with E-state index in [2.05, 4.69) is 6.92 Å². The summed E-state index contributed by atoms with van der Waals surface area (Å²) in [6.45, 7) is 10.3. The van der Waals surface area contributed by atoms with Crippen LogP contribution < -0.4 is 0 Å². The Hall–Kier alpha value is -2.03. The van der Waals surface area contributed by atoms with E-state index in [4.69, 9.17) is 9.47 Å². The first kappa shape index (κ1) is 29.0. The molecule has 0 aromatic carbocycles. The van der Waals surface area contributed by atoms with E-state index in [1.54, 1.807) is 26.0 Å². The number of fused-ring (bicyclic) bond motifs is 5. The number of Topliss-reactive ketones (excluding diaryl/α,β-unsaturated/α-hetero) is 1. The molecule has 8 nitrogen and oxygen atoms in total. The number of aliphatic hydroxyl groups is 3. The molecule has 38 heavy (non-hydrogen) atoms. The standard InChI is InChI=1S/C30H44O8/c1-7-8-9-10-11-12-23(33)38-30-24(27(30,5)6)21-14-20(16-31)15-28(35)22(13-17(2)25(28)34)29(21,36)18(3)26(30)37-19(4)32/h13-14,18,21-22,24,26,31,35-36H,7-12,15-16H2,1-6H3/t18-,21+,22-,24+,26-,28-,29-,30-/m1/s1. The fourth-order valence-electron chi connectivity index (χ4n) is 8.11. The van der Waals surface area contributed by atoms with Crippen molar-refractivity contribution in [3.05, 3.63) is 23.3 Å². The summed E-state index contributed by atoms with van der Waals surface area (Å²) in [4.78, 5) is 38.7. The van der Waals surface area contributed by atoms with E-state index >= 15 is 0 Å². The van der Waals surface area contributed by atoms with E-state index in [0.717, 1.165) is 25.7 Å². The summed E-state index contributed by atoms with van der Waals surface area (Å²) >= 11 is 0. The second-order valence-electron chi connectivity index (χ2n) is 12.6. The summed E-state index contributed by atoms with van der Waals surface area (Å²) in [6.07, 6.45) is 7.45. The van der Waals surface area contributed by atoms with Crippen LogP contribution in [0.5, 0.6) is 0 Å². The zero-order valence-corrected chi connectivity index (χ0v) is 23.6. The SMILES string of the molecule is CCCCCCCC(=O)O[C@@]12[C@H](OC(C)=O)[C@@H](C)[C@@]3(O)[C@@H](C=C(CO)C[C@]4(O)C(=O)C(C)=C[C@@H]34)[C@H]1C2(C)C.